The standard InChI is InChI=1S/C13H17NO4/c1-14(10-5-3-2-4-6-10)12(16)18-11(9-15)13(17)7-8-13/h2-6,11,15,17H,7-9H2,1H3/t11-/m1/s1. The molecule has 1 saturated carbocycles. The number of benzene rings is 1. The summed E-state index contributed by atoms with van der Waals surface area (Å²) in [5, 5.41) is 19.0. The molecule has 0 aromatic heterocycles. The lowest BCUT2D eigenvalue weighted by Gasteiger charge is -2.24. The molecule has 0 bridgehead atoms. The normalized spacial score (nSPS) is 17.9. The maximum atomic E-state index is 11.9. The minimum Gasteiger partial charge on any atom is -0.440 e. The van der Waals surface area contributed by atoms with Gasteiger partial charge in [-0.2, -0.15) is 0 Å². The quantitative estimate of drug-likeness (QED) is 0.842. The molecule has 1 fully saturated rings. The van der Waals surface area contributed by atoms with E-state index in [4.69, 9.17) is 9.84 Å². The average Bonchev–Trinajstić information content (AvgIpc) is 3.14. The molecule has 1 atom stereocenters. The van der Waals surface area contributed by atoms with E-state index in [0.717, 1.165) is 0 Å². The Hall–Kier alpha value is -1.59. The second-order valence-electron chi connectivity index (χ2n) is 4.55. The van der Waals surface area contributed by atoms with Crippen LogP contribution in [0, 0.1) is 0 Å². The summed E-state index contributed by atoms with van der Waals surface area (Å²) in [5.41, 5.74) is -0.343. The number of nitrogens with zero attached hydrogens (tertiary/aromatic N) is 1. The van der Waals surface area contributed by atoms with Crippen LogP contribution in [0.3, 0.4) is 0 Å². The van der Waals surface area contributed by atoms with E-state index in [9.17, 15) is 9.90 Å². The number of carbonyl (C=O) groups is 1. The number of anilines is 1. The van der Waals surface area contributed by atoms with Crippen molar-refractivity contribution in [3.8, 4) is 0 Å². The number of para-hydroxylation sites is 1. The SMILES string of the molecule is CN(C(=O)O[C@H](CO)C1(O)CC1)c1ccccc1. The molecule has 0 saturated heterocycles. The molecule has 0 aliphatic heterocycles. The van der Waals surface area contributed by atoms with E-state index in [-0.39, 0.29) is 6.61 Å². The van der Waals surface area contributed by atoms with Crippen LogP contribution in [-0.4, -0.2) is 41.7 Å². The molecule has 5 nitrogen and oxygen atoms in total. The number of aliphatic hydroxyl groups excluding tert-OH is 1. The molecule has 2 N–H and O–H groups in total. The maximum Gasteiger partial charge on any atom is 0.414 e. The monoisotopic (exact) mass is 251 g/mol. The van der Waals surface area contributed by atoms with Crippen LogP contribution in [0.25, 0.3) is 0 Å². The lowest BCUT2D eigenvalue weighted by atomic mass is 10.2. The Morgan fingerprint density at radius 1 is 1.44 bits per heavy atom. The zero-order valence-electron chi connectivity index (χ0n) is 10.2. The Kier molecular flexibility index (Phi) is 3.54. The molecule has 98 valence electrons. The summed E-state index contributed by atoms with van der Waals surface area (Å²) in [7, 11) is 1.59. The Balaban J connectivity index is 1.99. The van der Waals surface area contributed by atoms with Gasteiger partial charge >= 0.3 is 6.09 Å². The molecule has 1 aliphatic rings. The third kappa shape index (κ3) is 2.63. The first kappa shape index (κ1) is 12.9. The lowest BCUT2D eigenvalue weighted by molar-refractivity contribution is -0.0381. The van der Waals surface area contributed by atoms with Gasteiger partial charge in [0.2, 0.25) is 0 Å². The lowest BCUT2D eigenvalue weighted by Crippen LogP contribution is -2.40. The van der Waals surface area contributed by atoms with Gasteiger partial charge in [-0.3, -0.25) is 4.90 Å². The van der Waals surface area contributed by atoms with Crippen LogP contribution < -0.4 is 4.90 Å². The molecule has 1 aromatic carbocycles. The summed E-state index contributed by atoms with van der Waals surface area (Å²) < 4.78 is 5.13. The van der Waals surface area contributed by atoms with E-state index in [0.29, 0.717) is 18.5 Å². The van der Waals surface area contributed by atoms with E-state index in [1.165, 1.54) is 4.90 Å². The second kappa shape index (κ2) is 4.96. The van der Waals surface area contributed by atoms with E-state index in [1.54, 1.807) is 19.2 Å². The van der Waals surface area contributed by atoms with Crippen molar-refractivity contribution in [3.63, 3.8) is 0 Å². The number of carbonyl (C=O) groups excluding carboxylic acids is 1. The molecular formula is C13H17NO4. The molecular weight excluding hydrogens is 234 g/mol. The number of hydrogen-bond acceptors (Lipinski definition) is 4. The second-order valence-corrected chi connectivity index (χ2v) is 4.55. The first-order valence-corrected chi connectivity index (χ1v) is 5.89. The molecule has 0 unspecified atom stereocenters. The van der Waals surface area contributed by atoms with Gasteiger partial charge in [0.05, 0.1) is 6.61 Å². The summed E-state index contributed by atoms with van der Waals surface area (Å²) in [6, 6.07) is 9.04. The Labute approximate surface area is 106 Å². The van der Waals surface area contributed by atoms with E-state index in [2.05, 4.69) is 0 Å². The van der Waals surface area contributed by atoms with Gasteiger partial charge in [0, 0.05) is 12.7 Å². The maximum absolute atomic E-state index is 11.9. The third-order valence-electron chi connectivity index (χ3n) is 3.19. The van der Waals surface area contributed by atoms with Crippen LogP contribution >= 0.6 is 0 Å². The van der Waals surface area contributed by atoms with Gasteiger partial charge in [0.25, 0.3) is 0 Å². The highest BCUT2D eigenvalue weighted by Gasteiger charge is 2.50. The Morgan fingerprint density at radius 2 is 2.06 bits per heavy atom. The number of ether oxygens (including phenoxy) is 1. The zero-order chi connectivity index (χ0) is 13.2. The predicted molar refractivity (Wildman–Crippen MR) is 66.4 cm³/mol. The highest BCUT2D eigenvalue weighted by molar-refractivity contribution is 5.87. The highest BCUT2D eigenvalue weighted by atomic mass is 16.6. The number of amides is 1. The van der Waals surface area contributed by atoms with Crippen LogP contribution in [0.2, 0.25) is 0 Å². The van der Waals surface area contributed by atoms with Crippen molar-refractivity contribution in [2.24, 2.45) is 0 Å². The molecule has 0 spiro atoms. The van der Waals surface area contributed by atoms with Crippen molar-refractivity contribution >= 4 is 11.8 Å². The zero-order valence-corrected chi connectivity index (χ0v) is 10.2. The fourth-order valence-electron chi connectivity index (χ4n) is 1.72. The smallest absolute Gasteiger partial charge is 0.414 e. The predicted octanol–water partition coefficient (Wildman–Crippen LogP) is 1.15. The summed E-state index contributed by atoms with van der Waals surface area (Å²) in [5.74, 6) is 0. The fourth-order valence-corrected chi connectivity index (χ4v) is 1.72. The van der Waals surface area contributed by atoms with Gasteiger partial charge < -0.3 is 14.9 Å². The Morgan fingerprint density at radius 3 is 2.56 bits per heavy atom. The summed E-state index contributed by atoms with van der Waals surface area (Å²) in [6.45, 7) is -0.370. The van der Waals surface area contributed by atoms with Crippen molar-refractivity contribution < 1.29 is 19.7 Å². The van der Waals surface area contributed by atoms with E-state index in [1.807, 2.05) is 18.2 Å². The van der Waals surface area contributed by atoms with Crippen LogP contribution in [-0.2, 0) is 4.74 Å². The summed E-state index contributed by atoms with van der Waals surface area (Å²) in [6.07, 6.45) is -0.321. The van der Waals surface area contributed by atoms with Crippen LogP contribution in [0.5, 0.6) is 0 Å². The molecule has 5 heteroatoms. The van der Waals surface area contributed by atoms with Crippen LogP contribution in [0.15, 0.2) is 30.3 Å². The number of rotatable bonds is 4. The van der Waals surface area contributed by atoms with Gasteiger partial charge in [0.15, 0.2) is 6.10 Å². The van der Waals surface area contributed by atoms with Gasteiger partial charge in [0.1, 0.15) is 5.60 Å². The van der Waals surface area contributed by atoms with Gasteiger partial charge in [-0.25, -0.2) is 4.79 Å². The average molecular weight is 251 g/mol. The Bertz CT molecular complexity index is 416. The number of aliphatic hydroxyl groups is 2. The van der Waals surface area contributed by atoms with Gasteiger partial charge in [-0.05, 0) is 25.0 Å². The van der Waals surface area contributed by atoms with Crippen molar-refractivity contribution in [2.75, 3.05) is 18.6 Å². The van der Waals surface area contributed by atoms with Gasteiger partial charge in [-0.15, -0.1) is 0 Å². The summed E-state index contributed by atoms with van der Waals surface area (Å²) >= 11 is 0. The molecule has 0 radical (unpaired) electrons. The molecule has 1 amide bonds. The third-order valence-corrected chi connectivity index (χ3v) is 3.19. The van der Waals surface area contributed by atoms with E-state index < -0.39 is 17.8 Å². The van der Waals surface area contributed by atoms with Crippen LogP contribution in [0.1, 0.15) is 12.8 Å². The largest absolute Gasteiger partial charge is 0.440 e. The molecule has 1 aromatic rings. The first-order chi connectivity index (χ1) is 8.57. The van der Waals surface area contributed by atoms with Crippen molar-refractivity contribution in [2.45, 2.75) is 24.5 Å². The van der Waals surface area contributed by atoms with E-state index >= 15 is 0 Å². The fraction of sp³-hybridized carbons (Fsp3) is 0.462. The van der Waals surface area contributed by atoms with Crippen molar-refractivity contribution in [1.82, 2.24) is 0 Å². The minimum atomic E-state index is -1.04. The van der Waals surface area contributed by atoms with Crippen molar-refractivity contribution in [3.05, 3.63) is 30.3 Å². The minimum absolute atomic E-state index is 0.370. The molecule has 18 heavy (non-hydrogen) atoms. The summed E-state index contributed by atoms with van der Waals surface area (Å²) in [4.78, 5) is 13.2. The van der Waals surface area contributed by atoms with Gasteiger partial charge in [-0.1, -0.05) is 18.2 Å². The van der Waals surface area contributed by atoms with Crippen LogP contribution in [0.4, 0.5) is 10.5 Å². The topological polar surface area (TPSA) is 70.0 Å². The molecule has 0 heterocycles. The molecule has 1 aliphatic carbocycles. The highest BCUT2D eigenvalue weighted by Crippen LogP contribution is 2.40. The number of hydrogen-bond donors (Lipinski definition) is 2. The molecule has 2 rings (SSSR count). The van der Waals surface area contributed by atoms with Crippen molar-refractivity contribution in [1.29, 1.82) is 0 Å². The first-order valence-electron chi connectivity index (χ1n) is 5.89.